The predicted octanol–water partition coefficient (Wildman–Crippen LogP) is 4.71. The van der Waals surface area contributed by atoms with Crippen LogP contribution in [0.15, 0.2) is 42.9 Å². The Hall–Kier alpha value is -4.58. The molecule has 38 heavy (non-hydrogen) atoms. The van der Waals surface area contributed by atoms with Gasteiger partial charge in [0.25, 0.3) is 0 Å². The summed E-state index contributed by atoms with van der Waals surface area (Å²) < 4.78 is 23.6. The first-order valence-electron chi connectivity index (χ1n) is 11.7. The number of benzene rings is 2. The number of carbonyl (C=O) groups is 1. The molecule has 5 aromatic rings. The number of thiazole rings is 1. The summed E-state index contributed by atoms with van der Waals surface area (Å²) in [4.78, 5) is 34.2. The van der Waals surface area contributed by atoms with Crippen LogP contribution in [0.25, 0.3) is 31.8 Å². The lowest BCUT2D eigenvalue weighted by Crippen LogP contribution is -2.35. The number of hydrogen-bond acceptors (Lipinski definition) is 11. The number of rotatable bonds is 5. The first kappa shape index (κ1) is 23.8. The number of nitrogens with one attached hydrogen (secondary N) is 1. The standard InChI is InChI=1S/C26H22N6O5S/c1-13-6-17(22-19(7-13)31-21(34-3)10-29-22)25-32-18-4-5-20-23(24(18)38-25)35-11-16(37-20)12-36-26(33)30-15-8-27-14(2)28-9-15/h4-10,16H,11-12H2,1-3H3,(H,30,33)/t16-/m1/s1. The van der Waals surface area contributed by atoms with Gasteiger partial charge in [-0.2, -0.15) is 0 Å². The fourth-order valence-corrected chi connectivity index (χ4v) is 5.13. The van der Waals surface area contributed by atoms with Crippen LogP contribution in [0.5, 0.6) is 17.4 Å². The predicted molar refractivity (Wildman–Crippen MR) is 141 cm³/mol. The minimum atomic E-state index is -0.625. The molecule has 1 atom stereocenters. The fraction of sp³-hybridized carbons (Fsp3) is 0.231. The van der Waals surface area contributed by atoms with Crippen LogP contribution < -0.4 is 19.5 Å². The van der Waals surface area contributed by atoms with Crippen LogP contribution in [0.1, 0.15) is 11.4 Å². The lowest BCUT2D eigenvalue weighted by Gasteiger charge is -2.26. The van der Waals surface area contributed by atoms with Crippen molar-refractivity contribution >= 4 is 44.4 Å². The van der Waals surface area contributed by atoms with E-state index >= 15 is 0 Å². The SMILES string of the molecule is COc1cnc2c(-c3nc4ccc5c(c4s3)OC[C@H](COC(=O)Nc3cnc(C)nc3)O5)cc(C)cc2n1. The number of ether oxygens (including phenoxy) is 4. The van der Waals surface area contributed by atoms with Crippen LogP contribution in [0.4, 0.5) is 10.5 Å². The van der Waals surface area contributed by atoms with Crippen molar-refractivity contribution in [3.8, 4) is 28.0 Å². The van der Waals surface area contributed by atoms with Crippen molar-refractivity contribution in [3.63, 3.8) is 0 Å². The Bertz CT molecular complexity index is 1670. The quantitative estimate of drug-likeness (QED) is 0.341. The molecule has 2 aromatic carbocycles. The first-order valence-corrected chi connectivity index (χ1v) is 12.6. The smallest absolute Gasteiger partial charge is 0.411 e. The maximum absolute atomic E-state index is 12.1. The molecule has 3 aromatic heterocycles. The zero-order valence-corrected chi connectivity index (χ0v) is 21.5. The van der Waals surface area contributed by atoms with Gasteiger partial charge in [-0.3, -0.25) is 5.32 Å². The summed E-state index contributed by atoms with van der Waals surface area (Å²) in [5.74, 6) is 2.25. The summed E-state index contributed by atoms with van der Waals surface area (Å²) in [7, 11) is 1.57. The topological polar surface area (TPSA) is 130 Å². The summed E-state index contributed by atoms with van der Waals surface area (Å²) in [6, 6.07) is 7.72. The first-order chi connectivity index (χ1) is 18.5. The van der Waals surface area contributed by atoms with Gasteiger partial charge in [0.05, 0.1) is 47.9 Å². The van der Waals surface area contributed by atoms with Gasteiger partial charge in [0, 0.05) is 5.56 Å². The average molecular weight is 531 g/mol. The van der Waals surface area contributed by atoms with Crippen LogP contribution in [-0.2, 0) is 4.74 Å². The Morgan fingerprint density at radius 3 is 2.76 bits per heavy atom. The van der Waals surface area contributed by atoms with Crippen molar-refractivity contribution in [1.29, 1.82) is 0 Å². The van der Waals surface area contributed by atoms with E-state index in [9.17, 15) is 4.79 Å². The second kappa shape index (κ2) is 9.71. The minimum absolute atomic E-state index is 0.0153. The molecule has 0 radical (unpaired) electrons. The largest absolute Gasteiger partial charge is 0.484 e. The Labute approximate surface area is 220 Å². The van der Waals surface area contributed by atoms with E-state index in [2.05, 4.69) is 25.3 Å². The van der Waals surface area contributed by atoms with Crippen molar-refractivity contribution < 1.29 is 23.7 Å². The molecule has 6 rings (SSSR count). The van der Waals surface area contributed by atoms with Gasteiger partial charge in [0.2, 0.25) is 5.88 Å². The van der Waals surface area contributed by atoms with Crippen LogP contribution in [-0.4, -0.2) is 57.4 Å². The molecule has 0 saturated carbocycles. The van der Waals surface area contributed by atoms with Crippen molar-refractivity contribution in [2.24, 2.45) is 0 Å². The van der Waals surface area contributed by atoms with Gasteiger partial charge >= 0.3 is 6.09 Å². The number of carbonyl (C=O) groups excluding carboxylic acids is 1. The third-order valence-corrected chi connectivity index (χ3v) is 6.92. The van der Waals surface area contributed by atoms with Crippen LogP contribution >= 0.6 is 11.3 Å². The molecule has 192 valence electrons. The second-order valence-corrected chi connectivity index (χ2v) is 9.65. The number of aromatic nitrogens is 5. The summed E-state index contributed by atoms with van der Waals surface area (Å²) >= 11 is 1.50. The molecule has 11 nitrogen and oxygen atoms in total. The highest BCUT2D eigenvalue weighted by molar-refractivity contribution is 7.22. The van der Waals surface area contributed by atoms with Crippen LogP contribution in [0, 0.1) is 13.8 Å². The van der Waals surface area contributed by atoms with Crippen LogP contribution in [0.3, 0.4) is 0 Å². The molecular weight excluding hydrogens is 508 g/mol. The van der Waals surface area contributed by atoms with Gasteiger partial charge in [0.15, 0.2) is 17.6 Å². The molecule has 0 unspecified atom stereocenters. The van der Waals surface area contributed by atoms with E-state index in [0.717, 1.165) is 37.4 Å². The van der Waals surface area contributed by atoms with E-state index in [-0.39, 0.29) is 13.2 Å². The van der Waals surface area contributed by atoms with Gasteiger partial charge in [0.1, 0.15) is 28.7 Å². The Balaban J connectivity index is 1.21. The third kappa shape index (κ3) is 4.61. The third-order valence-electron chi connectivity index (χ3n) is 5.82. The molecule has 0 fully saturated rings. The molecule has 0 saturated heterocycles. The molecular formula is C26H22N6O5S. The molecule has 0 bridgehead atoms. The maximum Gasteiger partial charge on any atom is 0.411 e. The monoisotopic (exact) mass is 530 g/mol. The van der Waals surface area contributed by atoms with E-state index < -0.39 is 12.2 Å². The zero-order valence-electron chi connectivity index (χ0n) is 20.7. The molecule has 12 heteroatoms. The second-order valence-electron chi connectivity index (χ2n) is 8.65. The highest BCUT2D eigenvalue weighted by Gasteiger charge is 2.26. The number of hydrogen-bond donors (Lipinski definition) is 1. The number of fused-ring (bicyclic) bond motifs is 4. The van der Waals surface area contributed by atoms with Crippen molar-refractivity contribution in [1.82, 2.24) is 24.9 Å². The molecule has 1 N–H and O–H groups in total. The highest BCUT2D eigenvalue weighted by Crippen LogP contribution is 2.44. The van der Waals surface area contributed by atoms with Gasteiger partial charge < -0.3 is 18.9 Å². The van der Waals surface area contributed by atoms with Crippen molar-refractivity contribution in [2.45, 2.75) is 20.0 Å². The minimum Gasteiger partial charge on any atom is -0.484 e. The van der Waals surface area contributed by atoms with Gasteiger partial charge in [-0.15, -0.1) is 11.3 Å². The average Bonchev–Trinajstić information content (AvgIpc) is 3.37. The molecule has 0 spiro atoms. The lowest BCUT2D eigenvalue weighted by molar-refractivity contribution is 0.0383. The van der Waals surface area contributed by atoms with E-state index in [1.807, 2.05) is 31.2 Å². The van der Waals surface area contributed by atoms with E-state index in [0.29, 0.717) is 28.9 Å². The molecule has 1 amide bonds. The number of anilines is 1. The van der Waals surface area contributed by atoms with Gasteiger partial charge in [-0.05, 0) is 43.7 Å². The fourth-order valence-electron chi connectivity index (χ4n) is 4.06. The number of nitrogens with zero attached hydrogens (tertiary/aromatic N) is 5. The van der Waals surface area contributed by atoms with Crippen molar-refractivity contribution in [2.75, 3.05) is 25.6 Å². The highest BCUT2D eigenvalue weighted by atomic mass is 32.1. The lowest BCUT2D eigenvalue weighted by atomic mass is 10.1. The van der Waals surface area contributed by atoms with E-state index in [4.69, 9.17) is 23.9 Å². The normalized spacial score (nSPS) is 14.4. The van der Waals surface area contributed by atoms with E-state index in [1.165, 1.54) is 23.7 Å². The summed E-state index contributed by atoms with van der Waals surface area (Å²) in [6.07, 6.45) is 3.54. The van der Waals surface area contributed by atoms with E-state index in [1.54, 1.807) is 20.2 Å². The molecule has 0 aliphatic carbocycles. The molecule has 1 aliphatic rings. The van der Waals surface area contributed by atoms with Gasteiger partial charge in [-0.25, -0.2) is 29.7 Å². The van der Waals surface area contributed by atoms with Gasteiger partial charge in [-0.1, -0.05) is 0 Å². The van der Waals surface area contributed by atoms with Crippen LogP contribution in [0.2, 0.25) is 0 Å². The Kier molecular flexibility index (Phi) is 6.08. The summed E-state index contributed by atoms with van der Waals surface area (Å²) in [6.45, 7) is 4.01. The number of aryl methyl sites for hydroxylation is 2. The Morgan fingerprint density at radius 1 is 1.11 bits per heavy atom. The summed E-state index contributed by atoms with van der Waals surface area (Å²) in [5.41, 5.74) is 4.64. The Morgan fingerprint density at radius 2 is 1.95 bits per heavy atom. The summed E-state index contributed by atoms with van der Waals surface area (Å²) in [5, 5.41) is 3.39. The molecule has 1 aliphatic heterocycles. The zero-order chi connectivity index (χ0) is 26.2. The molecule has 4 heterocycles. The maximum atomic E-state index is 12.1. The number of methoxy groups -OCH3 is 1. The van der Waals surface area contributed by atoms with Crippen molar-refractivity contribution in [3.05, 3.63) is 54.2 Å². The number of amides is 1.